The summed E-state index contributed by atoms with van der Waals surface area (Å²) in [5.41, 5.74) is 5.89. The number of ether oxygens (including phenoxy) is 1. The Morgan fingerprint density at radius 2 is 1.23 bits per heavy atom. The number of unbranched alkanes of at least 4 members (excludes halogenated alkanes) is 7. The summed E-state index contributed by atoms with van der Waals surface area (Å²) < 4.78 is 6.03. The number of benzene rings is 1. The number of aliphatic hydroxyl groups is 1. The van der Waals surface area contributed by atoms with Gasteiger partial charge in [0.25, 0.3) is 0 Å². The van der Waals surface area contributed by atoms with Gasteiger partial charge in [0.15, 0.2) is 0 Å². The summed E-state index contributed by atoms with van der Waals surface area (Å²) in [4.78, 5) is 107. The number of phenolic OH excluding ortho intramolecular Hbond substituents is 1. The van der Waals surface area contributed by atoms with E-state index in [1.807, 2.05) is 6.92 Å². The van der Waals surface area contributed by atoms with Crippen LogP contribution in [0.3, 0.4) is 0 Å². The van der Waals surface area contributed by atoms with Crippen molar-refractivity contribution in [2.45, 2.75) is 186 Å². The van der Waals surface area contributed by atoms with Gasteiger partial charge in [-0.3, -0.25) is 33.6 Å². The zero-order valence-electron chi connectivity index (χ0n) is 37.3. The number of phenols is 1. The first-order valence-corrected chi connectivity index (χ1v) is 22.1. The minimum Gasteiger partial charge on any atom is -0.508 e. The summed E-state index contributed by atoms with van der Waals surface area (Å²) in [6.45, 7) is 9.74. The van der Waals surface area contributed by atoms with Crippen molar-refractivity contribution in [2.75, 3.05) is 0 Å². The minimum absolute atomic E-state index is 0.0380. The highest BCUT2D eigenvalue weighted by atomic mass is 16.5. The molecule has 7 amide bonds. The summed E-state index contributed by atoms with van der Waals surface area (Å²) in [5, 5.41) is 35.6. The Morgan fingerprint density at radius 3 is 1.81 bits per heavy atom. The highest BCUT2D eigenvalue weighted by Crippen LogP contribution is 2.22. The van der Waals surface area contributed by atoms with Crippen LogP contribution >= 0.6 is 0 Å². The van der Waals surface area contributed by atoms with Crippen LogP contribution < -0.4 is 37.6 Å². The van der Waals surface area contributed by atoms with Gasteiger partial charge in [-0.15, -0.1) is 0 Å². The number of esters is 1. The van der Waals surface area contributed by atoms with Crippen LogP contribution in [0.5, 0.6) is 5.75 Å². The van der Waals surface area contributed by atoms with Crippen LogP contribution in [0.2, 0.25) is 0 Å². The van der Waals surface area contributed by atoms with Gasteiger partial charge in [-0.1, -0.05) is 90.7 Å². The molecule has 1 fully saturated rings. The summed E-state index contributed by atoms with van der Waals surface area (Å²) in [7, 11) is 0. The van der Waals surface area contributed by atoms with Crippen molar-refractivity contribution < 1.29 is 53.3 Å². The van der Waals surface area contributed by atoms with Crippen molar-refractivity contribution in [1.82, 2.24) is 31.9 Å². The maximum atomic E-state index is 14.1. The number of rotatable bonds is 18. The third kappa shape index (κ3) is 19.2. The molecule has 62 heavy (non-hydrogen) atoms. The Morgan fingerprint density at radius 1 is 0.694 bits per heavy atom. The SMILES string of the molecule is CCCCCCCCCCC(C)C1CC(=O)NC(C(C)O)C(=O)NC(C)C(=O)NC(C)C(=O)NC(CCC(N)=O)C(=O)NC(Cc2ccc(O)cc2)C(=O)NC(CCC)C(=O)O1. The average molecular weight is 874 g/mol. The minimum atomic E-state index is -1.52. The van der Waals surface area contributed by atoms with Gasteiger partial charge >= 0.3 is 5.97 Å². The molecule has 9 unspecified atom stereocenters. The quantitative estimate of drug-likeness (QED) is 0.0758. The lowest BCUT2D eigenvalue weighted by Crippen LogP contribution is -2.60. The van der Waals surface area contributed by atoms with Crippen molar-refractivity contribution in [3.63, 3.8) is 0 Å². The van der Waals surface area contributed by atoms with Crippen molar-refractivity contribution in [2.24, 2.45) is 11.7 Å². The smallest absolute Gasteiger partial charge is 0.328 e. The topological polar surface area (TPSA) is 284 Å². The Kier molecular flexibility index (Phi) is 23.6. The molecule has 1 aliphatic rings. The Labute approximate surface area is 365 Å². The number of aromatic hydroxyl groups is 1. The van der Waals surface area contributed by atoms with Crippen LogP contribution in [0.1, 0.15) is 137 Å². The van der Waals surface area contributed by atoms with E-state index >= 15 is 0 Å². The normalized spacial score (nSPS) is 25.0. The maximum Gasteiger partial charge on any atom is 0.328 e. The molecule has 0 saturated carbocycles. The second-order valence-electron chi connectivity index (χ2n) is 16.5. The molecule has 2 rings (SSSR count). The lowest BCUT2D eigenvalue weighted by molar-refractivity contribution is -0.157. The molecule has 10 N–H and O–H groups in total. The van der Waals surface area contributed by atoms with Gasteiger partial charge in [-0.25, -0.2) is 4.79 Å². The summed E-state index contributed by atoms with van der Waals surface area (Å²) >= 11 is 0. The number of nitrogens with two attached hydrogens (primary N) is 1. The molecule has 1 saturated heterocycles. The fourth-order valence-electron chi connectivity index (χ4n) is 6.98. The van der Waals surface area contributed by atoms with Gasteiger partial charge in [0.2, 0.25) is 41.4 Å². The van der Waals surface area contributed by atoms with Gasteiger partial charge in [0, 0.05) is 12.8 Å². The number of nitrogens with one attached hydrogen (secondary N) is 6. The van der Waals surface area contributed by atoms with Crippen LogP contribution in [0, 0.1) is 5.92 Å². The molecule has 9 atom stereocenters. The highest BCUT2D eigenvalue weighted by molar-refractivity contribution is 5.97. The van der Waals surface area contributed by atoms with Crippen LogP contribution in [0.15, 0.2) is 24.3 Å². The predicted octanol–water partition coefficient (Wildman–Crippen LogP) is 1.81. The lowest BCUT2D eigenvalue weighted by atomic mass is 9.94. The predicted molar refractivity (Wildman–Crippen MR) is 231 cm³/mol. The van der Waals surface area contributed by atoms with E-state index in [0.717, 1.165) is 38.5 Å². The van der Waals surface area contributed by atoms with E-state index in [-0.39, 0.29) is 43.8 Å². The van der Waals surface area contributed by atoms with Crippen LogP contribution in [-0.2, 0) is 49.5 Å². The average Bonchev–Trinajstić information content (AvgIpc) is 3.21. The number of carbonyl (C=O) groups is 8. The standard InChI is InChI=1S/C44H71N7O11/c1-7-9-10-11-12-13-14-15-17-26(3)35-25-37(55)51-38(29(6)52)43(60)47-27(4)39(56)46-28(5)40(57)48-32(22-23-36(45)54)41(58)50-34(24-30-18-20-31(53)21-19-30)42(59)49-33(16-8-2)44(61)62-35/h18-21,26-29,32-35,38,52-53H,7-17,22-25H2,1-6H3,(H2,45,54)(H,46,56)(H,47,60)(H,48,57)(H,49,59)(H,50,58)(H,51,55). The maximum absolute atomic E-state index is 14.1. The fourth-order valence-corrected chi connectivity index (χ4v) is 6.98. The van der Waals surface area contributed by atoms with Gasteiger partial charge in [-0.05, 0) is 63.6 Å². The number of primary amides is 1. The number of hydrogen-bond donors (Lipinski definition) is 9. The molecule has 1 aliphatic heterocycles. The van der Waals surface area contributed by atoms with Gasteiger partial charge < -0.3 is 52.6 Å². The summed E-state index contributed by atoms with van der Waals surface area (Å²) in [6, 6.07) is -2.18. The Balaban J connectivity index is 2.57. The first kappa shape index (κ1) is 52.9. The van der Waals surface area contributed by atoms with Gasteiger partial charge in [0.1, 0.15) is 48.1 Å². The molecule has 18 heteroatoms. The molecular formula is C44H71N7O11. The number of amides is 7. The summed E-state index contributed by atoms with van der Waals surface area (Å²) in [5.74, 6) is -6.92. The van der Waals surface area contributed by atoms with E-state index in [1.165, 1.54) is 45.7 Å². The fraction of sp³-hybridized carbons (Fsp3) is 0.682. The number of cyclic esters (lactones) is 1. The van der Waals surface area contributed by atoms with E-state index in [2.05, 4.69) is 38.8 Å². The van der Waals surface area contributed by atoms with Crippen molar-refractivity contribution >= 4 is 47.3 Å². The van der Waals surface area contributed by atoms with Gasteiger partial charge in [0.05, 0.1) is 12.5 Å². The molecule has 1 heterocycles. The van der Waals surface area contributed by atoms with E-state index in [9.17, 15) is 48.6 Å². The number of hydrogen-bond acceptors (Lipinski definition) is 11. The summed E-state index contributed by atoms with van der Waals surface area (Å²) in [6.07, 6.45) is 6.18. The molecule has 0 aromatic heterocycles. The molecule has 18 nitrogen and oxygen atoms in total. The molecule has 0 radical (unpaired) electrons. The Bertz CT molecular complexity index is 1640. The second kappa shape index (κ2) is 27.6. The zero-order valence-corrected chi connectivity index (χ0v) is 37.3. The van der Waals surface area contributed by atoms with Crippen molar-refractivity contribution in [3.05, 3.63) is 29.8 Å². The van der Waals surface area contributed by atoms with E-state index in [0.29, 0.717) is 18.4 Å². The van der Waals surface area contributed by atoms with Crippen LogP contribution in [0.25, 0.3) is 0 Å². The van der Waals surface area contributed by atoms with E-state index in [1.54, 1.807) is 19.1 Å². The van der Waals surface area contributed by atoms with Crippen molar-refractivity contribution in [3.8, 4) is 5.75 Å². The molecule has 1 aromatic carbocycles. The zero-order chi connectivity index (χ0) is 46.4. The van der Waals surface area contributed by atoms with E-state index in [4.69, 9.17) is 10.5 Å². The first-order chi connectivity index (χ1) is 29.4. The molecule has 0 spiro atoms. The number of aliphatic hydroxyl groups excluding tert-OH is 1. The van der Waals surface area contributed by atoms with Gasteiger partial charge in [-0.2, -0.15) is 0 Å². The Hall–Kier alpha value is -5.26. The molecular weight excluding hydrogens is 803 g/mol. The number of carbonyl (C=O) groups excluding carboxylic acids is 8. The van der Waals surface area contributed by atoms with Crippen LogP contribution in [-0.4, -0.2) is 106 Å². The second-order valence-corrected chi connectivity index (χ2v) is 16.5. The molecule has 348 valence electrons. The third-order valence-corrected chi connectivity index (χ3v) is 10.9. The monoisotopic (exact) mass is 874 g/mol. The highest BCUT2D eigenvalue weighted by Gasteiger charge is 2.35. The molecule has 0 aliphatic carbocycles. The lowest BCUT2D eigenvalue weighted by Gasteiger charge is -2.29. The first-order valence-electron chi connectivity index (χ1n) is 22.1. The largest absolute Gasteiger partial charge is 0.508 e. The van der Waals surface area contributed by atoms with Crippen LogP contribution in [0.4, 0.5) is 0 Å². The molecule has 1 aromatic rings. The molecule has 0 bridgehead atoms. The van der Waals surface area contributed by atoms with E-state index < -0.39 is 95.8 Å². The third-order valence-electron chi connectivity index (χ3n) is 10.9. The van der Waals surface area contributed by atoms with Crippen molar-refractivity contribution in [1.29, 1.82) is 0 Å².